The number of aromatic amines is 1. The Bertz CT molecular complexity index is 1010. The second-order valence-electron chi connectivity index (χ2n) is 5.74. The summed E-state index contributed by atoms with van der Waals surface area (Å²) >= 11 is 0. The minimum absolute atomic E-state index is 0.0512. The smallest absolute Gasteiger partial charge is 0.280 e. The Balaban J connectivity index is 1.34. The number of hydrogen-bond acceptors (Lipinski definition) is 8. The van der Waals surface area contributed by atoms with Crippen molar-refractivity contribution in [1.82, 2.24) is 19.5 Å². The Morgan fingerprint density at radius 3 is 3.19 bits per heavy atom. The van der Waals surface area contributed by atoms with Gasteiger partial charge in [-0.15, -0.1) is 0 Å². The van der Waals surface area contributed by atoms with Crippen molar-refractivity contribution in [1.29, 1.82) is 0 Å². The van der Waals surface area contributed by atoms with Crippen molar-refractivity contribution in [2.75, 3.05) is 25.8 Å². The molecule has 1 aliphatic rings. The highest BCUT2D eigenvalue weighted by Gasteiger charge is 2.24. The Labute approximate surface area is 155 Å². The van der Waals surface area contributed by atoms with Crippen LogP contribution >= 0.6 is 8.38 Å². The van der Waals surface area contributed by atoms with Crippen LogP contribution in [-0.2, 0) is 22.4 Å². The number of imidazole rings is 1. The van der Waals surface area contributed by atoms with E-state index in [1.807, 2.05) is 18.2 Å². The van der Waals surface area contributed by atoms with Crippen LogP contribution < -0.4 is 20.6 Å². The molecule has 27 heavy (non-hydrogen) atoms. The highest BCUT2D eigenvalue weighted by atomic mass is 31.2. The molecular weight excluding hydrogens is 373 g/mol. The van der Waals surface area contributed by atoms with Gasteiger partial charge < -0.3 is 28.8 Å². The summed E-state index contributed by atoms with van der Waals surface area (Å²) in [6.45, 7) is 1.30. The number of hydrogen-bond donors (Lipinski definition) is 2. The summed E-state index contributed by atoms with van der Waals surface area (Å²) in [5.74, 6) is 1.44. The molecule has 4 rings (SSSR count). The van der Waals surface area contributed by atoms with E-state index in [9.17, 15) is 4.79 Å². The Morgan fingerprint density at radius 1 is 1.44 bits per heavy atom. The van der Waals surface area contributed by atoms with Crippen LogP contribution in [0.1, 0.15) is 5.56 Å². The van der Waals surface area contributed by atoms with E-state index < -0.39 is 8.38 Å². The first-order valence-corrected chi connectivity index (χ1v) is 9.54. The molecule has 11 heteroatoms. The van der Waals surface area contributed by atoms with Gasteiger partial charge in [-0.1, -0.05) is 12.1 Å². The molecule has 1 atom stereocenters. The van der Waals surface area contributed by atoms with Crippen molar-refractivity contribution in [3.05, 3.63) is 40.4 Å². The highest BCUT2D eigenvalue weighted by Crippen LogP contribution is 2.49. The Kier molecular flexibility index (Phi) is 4.93. The summed E-state index contributed by atoms with van der Waals surface area (Å²) in [5, 5.41) is 0. The Hall–Kier alpha value is -2.68. The molecule has 0 radical (unpaired) electrons. The number of methoxy groups -OCH3 is 1. The van der Waals surface area contributed by atoms with Crippen molar-refractivity contribution >= 4 is 25.5 Å². The number of aromatic nitrogens is 4. The molecule has 0 saturated carbocycles. The lowest BCUT2D eigenvalue weighted by molar-refractivity contribution is 0.148. The van der Waals surface area contributed by atoms with E-state index in [0.717, 1.165) is 5.56 Å². The van der Waals surface area contributed by atoms with E-state index in [-0.39, 0.29) is 17.0 Å². The van der Waals surface area contributed by atoms with Gasteiger partial charge >= 0.3 is 0 Å². The first kappa shape index (κ1) is 17.7. The molecule has 0 saturated heterocycles. The van der Waals surface area contributed by atoms with Gasteiger partial charge in [0, 0.05) is 12.1 Å². The number of para-hydroxylation sites is 1. The minimum atomic E-state index is -1.21. The van der Waals surface area contributed by atoms with Crippen molar-refractivity contribution in [3.8, 4) is 11.5 Å². The molecule has 0 bridgehead atoms. The fourth-order valence-electron chi connectivity index (χ4n) is 2.71. The second-order valence-corrected chi connectivity index (χ2v) is 7.11. The minimum Gasteiger partial charge on any atom is -0.493 e. The molecule has 3 heterocycles. The van der Waals surface area contributed by atoms with E-state index in [1.54, 1.807) is 11.7 Å². The average Bonchev–Trinajstić information content (AvgIpc) is 3.07. The molecule has 1 aromatic carbocycles. The van der Waals surface area contributed by atoms with E-state index in [4.69, 9.17) is 24.3 Å². The molecule has 3 N–H and O–H groups in total. The van der Waals surface area contributed by atoms with Gasteiger partial charge in [0.05, 0.1) is 26.7 Å². The number of nitrogens with one attached hydrogen (secondary N) is 1. The number of nitrogen functional groups attached to an aromatic ring is 1. The predicted molar refractivity (Wildman–Crippen MR) is 98.7 cm³/mol. The van der Waals surface area contributed by atoms with Gasteiger partial charge in [-0.2, -0.15) is 4.98 Å². The quantitative estimate of drug-likeness (QED) is 0.479. The molecule has 142 valence electrons. The molecule has 2 aromatic heterocycles. The number of ether oxygens (including phenoxy) is 2. The van der Waals surface area contributed by atoms with Gasteiger partial charge in [0.1, 0.15) is 6.35 Å². The van der Waals surface area contributed by atoms with Crippen LogP contribution in [0.15, 0.2) is 29.3 Å². The number of benzene rings is 1. The van der Waals surface area contributed by atoms with Crippen LogP contribution in [0.25, 0.3) is 11.2 Å². The fourth-order valence-corrected chi connectivity index (χ4v) is 3.86. The fraction of sp³-hybridized carbons (Fsp3) is 0.312. The maximum Gasteiger partial charge on any atom is 0.280 e. The summed E-state index contributed by atoms with van der Waals surface area (Å²) < 4.78 is 24.3. The van der Waals surface area contributed by atoms with Gasteiger partial charge in [-0.25, -0.2) is 4.98 Å². The summed E-state index contributed by atoms with van der Waals surface area (Å²) in [6, 6.07) is 5.69. The SMILES string of the molecule is COc1cccc2c1OP(COCCn1cnc3c(=O)[nH]c(N)nc31)OC2. The normalized spacial score (nSPS) is 16.1. The zero-order valence-electron chi connectivity index (χ0n) is 14.5. The third kappa shape index (κ3) is 3.59. The molecule has 0 amide bonds. The van der Waals surface area contributed by atoms with Crippen LogP contribution in [0.3, 0.4) is 0 Å². The van der Waals surface area contributed by atoms with Crippen LogP contribution in [0, 0.1) is 0 Å². The first-order valence-electron chi connectivity index (χ1n) is 8.18. The van der Waals surface area contributed by atoms with Crippen molar-refractivity contribution < 1.29 is 18.5 Å². The number of anilines is 1. The summed E-state index contributed by atoms with van der Waals surface area (Å²) in [5.41, 5.74) is 6.85. The molecule has 0 fully saturated rings. The number of rotatable bonds is 6. The number of H-pyrrole nitrogens is 1. The molecule has 0 aliphatic carbocycles. The van der Waals surface area contributed by atoms with Gasteiger partial charge in [-0.3, -0.25) is 9.78 Å². The Morgan fingerprint density at radius 2 is 2.33 bits per heavy atom. The summed E-state index contributed by atoms with van der Waals surface area (Å²) in [7, 11) is 0.394. The zero-order valence-corrected chi connectivity index (χ0v) is 15.4. The van der Waals surface area contributed by atoms with E-state index in [1.165, 1.54) is 6.33 Å². The topological polar surface area (TPSA) is 127 Å². The molecule has 10 nitrogen and oxygen atoms in total. The lowest BCUT2D eigenvalue weighted by Gasteiger charge is -2.26. The third-order valence-electron chi connectivity index (χ3n) is 4.00. The van der Waals surface area contributed by atoms with Crippen LogP contribution in [0.2, 0.25) is 0 Å². The molecular formula is C16H18N5O5P. The molecule has 3 aromatic rings. The average molecular weight is 391 g/mol. The number of nitrogens with two attached hydrogens (primary N) is 1. The summed E-state index contributed by atoms with van der Waals surface area (Å²) in [4.78, 5) is 22.4. The van der Waals surface area contributed by atoms with Crippen LogP contribution in [0.4, 0.5) is 5.95 Å². The van der Waals surface area contributed by atoms with Gasteiger partial charge in [0.15, 0.2) is 22.7 Å². The van der Waals surface area contributed by atoms with Crippen molar-refractivity contribution in [2.45, 2.75) is 13.2 Å². The van der Waals surface area contributed by atoms with Gasteiger partial charge in [0.2, 0.25) is 5.95 Å². The first-order chi connectivity index (χ1) is 13.2. The van der Waals surface area contributed by atoms with Crippen molar-refractivity contribution in [2.24, 2.45) is 0 Å². The molecule has 1 aliphatic heterocycles. The summed E-state index contributed by atoms with van der Waals surface area (Å²) in [6.07, 6.45) is 1.85. The maximum absolute atomic E-state index is 11.8. The van der Waals surface area contributed by atoms with E-state index in [0.29, 0.717) is 43.3 Å². The van der Waals surface area contributed by atoms with Crippen LogP contribution in [0.5, 0.6) is 11.5 Å². The predicted octanol–water partition coefficient (Wildman–Crippen LogP) is 1.61. The lowest BCUT2D eigenvalue weighted by atomic mass is 10.2. The lowest BCUT2D eigenvalue weighted by Crippen LogP contribution is -2.14. The second kappa shape index (κ2) is 7.51. The van der Waals surface area contributed by atoms with E-state index in [2.05, 4.69) is 15.0 Å². The molecule has 1 unspecified atom stereocenters. The largest absolute Gasteiger partial charge is 0.493 e. The standard InChI is InChI=1S/C16H18N5O5P/c1-23-11-4-2-3-10-7-25-27(26-13(10)11)9-24-6-5-21-8-18-12-14(21)19-16(17)20-15(12)22/h2-4,8H,5-7,9H2,1H3,(H3,17,19,20,22). The third-order valence-corrected chi connectivity index (χ3v) is 5.20. The molecule has 0 spiro atoms. The van der Waals surface area contributed by atoms with Crippen molar-refractivity contribution in [3.63, 3.8) is 0 Å². The monoisotopic (exact) mass is 391 g/mol. The van der Waals surface area contributed by atoms with Gasteiger partial charge in [-0.05, 0) is 6.07 Å². The zero-order chi connectivity index (χ0) is 18.8. The van der Waals surface area contributed by atoms with Crippen LogP contribution in [-0.4, -0.2) is 39.6 Å². The highest BCUT2D eigenvalue weighted by molar-refractivity contribution is 7.47. The number of nitrogens with zero attached hydrogens (tertiary/aromatic N) is 3. The van der Waals surface area contributed by atoms with Gasteiger partial charge in [0.25, 0.3) is 13.9 Å². The number of fused-ring (bicyclic) bond motifs is 2. The van der Waals surface area contributed by atoms with E-state index >= 15 is 0 Å². The maximum atomic E-state index is 11.8.